The maximum Gasteiger partial charge on any atom is 0.323 e. The Hall–Kier alpha value is -2.04. The highest BCUT2D eigenvalue weighted by atomic mass is 16.4. The largest absolute Gasteiger partial charge is 0.508 e. The fraction of sp³-hybridized carbons (Fsp3) is 0.429. The number of aromatic hydroxyl groups is 1. The van der Waals surface area contributed by atoms with E-state index in [2.05, 4.69) is 0 Å². The third-order valence-electron chi connectivity index (χ3n) is 3.44. The molecule has 1 unspecified atom stereocenters. The summed E-state index contributed by atoms with van der Waals surface area (Å²) in [6.07, 6.45) is 2.06. The Kier molecular flexibility index (Phi) is 3.74. The van der Waals surface area contributed by atoms with Gasteiger partial charge in [-0.25, -0.2) is 0 Å². The molecule has 0 bridgehead atoms. The van der Waals surface area contributed by atoms with Crippen molar-refractivity contribution in [1.82, 2.24) is 0 Å². The van der Waals surface area contributed by atoms with Gasteiger partial charge >= 0.3 is 5.97 Å². The lowest BCUT2D eigenvalue weighted by atomic mass is 10.0. The van der Waals surface area contributed by atoms with Crippen molar-refractivity contribution < 1.29 is 19.8 Å². The second-order valence-corrected chi connectivity index (χ2v) is 4.96. The van der Waals surface area contributed by atoms with E-state index in [9.17, 15) is 14.7 Å². The van der Waals surface area contributed by atoms with Gasteiger partial charge in [0.25, 0.3) is 0 Å². The Morgan fingerprint density at radius 3 is 2.37 bits per heavy atom. The van der Waals surface area contributed by atoms with Crippen LogP contribution in [0.2, 0.25) is 0 Å². The minimum Gasteiger partial charge on any atom is -0.508 e. The topological polar surface area (TPSA) is 77.8 Å². The molecule has 0 heterocycles. The number of amides is 1. The van der Waals surface area contributed by atoms with Crippen LogP contribution in [0, 0.1) is 11.8 Å². The van der Waals surface area contributed by atoms with Crippen LogP contribution in [-0.4, -0.2) is 28.6 Å². The number of rotatable bonds is 5. The summed E-state index contributed by atoms with van der Waals surface area (Å²) in [5.41, 5.74) is 0.498. The molecule has 1 aromatic rings. The van der Waals surface area contributed by atoms with Crippen molar-refractivity contribution in [3.05, 3.63) is 24.3 Å². The highest BCUT2D eigenvalue weighted by Gasteiger charge is 2.35. The van der Waals surface area contributed by atoms with E-state index in [0.29, 0.717) is 11.6 Å². The summed E-state index contributed by atoms with van der Waals surface area (Å²) in [6, 6.07) is 5.99. The van der Waals surface area contributed by atoms with Crippen molar-refractivity contribution in [2.24, 2.45) is 11.8 Å². The second-order valence-electron chi connectivity index (χ2n) is 4.96. The molecule has 0 saturated heterocycles. The van der Waals surface area contributed by atoms with Crippen LogP contribution in [0.4, 0.5) is 5.69 Å². The summed E-state index contributed by atoms with van der Waals surface area (Å²) in [6.45, 7) is 1.48. The molecule has 5 nitrogen and oxygen atoms in total. The van der Waals surface area contributed by atoms with Crippen molar-refractivity contribution >= 4 is 17.6 Å². The third kappa shape index (κ3) is 3.24. The number of carboxylic acids is 1. The van der Waals surface area contributed by atoms with Crippen LogP contribution in [0.1, 0.15) is 19.8 Å². The van der Waals surface area contributed by atoms with Crippen LogP contribution in [0.25, 0.3) is 0 Å². The van der Waals surface area contributed by atoms with E-state index in [4.69, 9.17) is 5.11 Å². The number of aliphatic carboxylic acids is 1. The molecular weight excluding hydrogens is 246 g/mol. The highest BCUT2D eigenvalue weighted by Crippen LogP contribution is 2.38. The van der Waals surface area contributed by atoms with Gasteiger partial charge in [-0.2, -0.15) is 0 Å². The lowest BCUT2D eigenvalue weighted by molar-refractivity contribution is -0.137. The van der Waals surface area contributed by atoms with Crippen LogP contribution in [0.5, 0.6) is 5.75 Å². The van der Waals surface area contributed by atoms with Gasteiger partial charge < -0.3 is 15.1 Å². The molecule has 1 aliphatic rings. The van der Waals surface area contributed by atoms with Crippen molar-refractivity contribution in [3.8, 4) is 5.75 Å². The summed E-state index contributed by atoms with van der Waals surface area (Å²) in [7, 11) is 0. The Morgan fingerprint density at radius 1 is 1.32 bits per heavy atom. The van der Waals surface area contributed by atoms with Gasteiger partial charge in [0, 0.05) is 11.6 Å². The number of carbonyl (C=O) groups excluding carboxylic acids is 1. The van der Waals surface area contributed by atoms with Crippen LogP contribution in [0.15, 0.2) is 24.3 Å². The number of nitrogens with zero attached hydrogens (tertiary/aromatic N) is 1. The summed E-state index contributed by atoms with van der Waals surface area (Å²) in [5.74, 6) is -0.921. The first-order chi connectivity index (χ1) is 8.99. The molecule has 19 heavy (non-hydrogen) atoms. The van der Waals surface area contributed by atoms with Crippen molar-refractivity contribution in [3.63, 3.8) is 0 Å². The van der Waals surface area contributed by atoms with Gasteiger partial charge in [-0.05, 0) is 43.0 Å². The quantitative estimate of drug-likeness (QED) is 0.850. The molecule has 1 saturated carbocycles. The SMILES string of the molecule is CC(C(=O)N(CC(=O)O)c1ccc(O)cc1)C1CC1. The summed E-state index contributed by atoms with van der Waals surface area (Å²) >= 11 is 0. The van der Waals surface area contributed by atoms with Gasteiger partial charge in [0.15, 0.2) is 0 Å². The van der Waals surface area contributed by atoms with Gasteiger partial charge in [0.05, 0.1) is 0 Å². The highest BCUT2D eigenvalue weighted by molar-refractivity contribution is 5.98. The van der Waals surface area contributed by atoms with E-state index < -0.39 is 5.97 Å². The number of carboxylic acid groups (broad SMARTS) is 1. The molecule has 1 aliphatic carbocycles. The van der Waals surface area contributed by atoms with Gasteiger partial charge in [0.1, 0.15) is 12.3 Å². The smallest absolute Gasteiger partial charge is 0.323 e. The zero-order valence-corrected chi connectivity index (χ0v) is 10.7. The van der Waals surface area contributed by atoms with Gasteiger partial charge in [-0.1, -0.05) is 6.92 Å². The summed E-state index contributed by atoms with van der Waals surface area (Å²) in [5, 5.41) is 18.2. The Balaban J connectivity index is 2.21. The molecule has 1 amide bonds. The van der Waals surface area contributed by atoms with Gasteiger partial charge in [-0.15, -0.1) is 0 Å². The van der Waals surface area contributed by atoms with E-state index in [1.165, 1.54) is 17.0 Å². The molecule has 2 N–H and O–H groups in total. The number of benzene rings is 1. The van der Waals surface area contributed by atoms with E-state index >= 15 is 0 Å². The molecule has 0 radical (unpaired) electrons. The predicted molar refractivity (Wildman–Crippen MR) is 70.0 cm³/mol. The third-order valence-corrected chi connectivity index (χ3v) is 3.44. The molecule has 1 fully saturated rings. The maximum atomic E-state index is 12.3. The first kappa shape index (κ1) is 13.4. The lowest BCUT2D eigenvalue weighted by Crippen LogP contribution is -2.39. The van der Waals surface area contributed by atoms with E-state index in [1.807, 2.05) is 6.92 Å². The van der Waals surface area contributed by atoms with Crippen LogP contribution in [-0.2, 0) is 9.59 Å². The Bertz CT molecular complexity index is 479. The number of carbonyl (C=O) groups is 2. The summed E-state index contributed by atoms with van der Waals surface area (Å²) < 4.78 is 0. The van der Waals surface area contributed by atoms with E-state index in [1.54, 1.807) is 12.1 Å². The van der Waals surface area contributed by atoms with Crippen molar-refractivity contribution in [1.29, 1.82) is 0 Å². The molecule has 102 valence electrons. The Labute approximate surface area is 111 Å². The van der Waals surface area contributed by atoms with Gasteiger partial charge in [0.2, 0.25) is 5.91 Å². The minimum atomic E-state index is -1.05. The number of hydrogen-bond acceptors (Lipinski definition) is 3. The number of phenolic OH excluding ortho intramolecular Hbond substituents is 1. The number of phenols is 1. The zero-order valence-electron chi connectivity index (χ0n) is 10.7. The molecule has 0 spiro atoms. The molecule has 1 aromatic carbocycles. The molecular formula is C14H17NO4. The average molecular weight is 263 g/mol. The van der Waals surface area contributed by atoms with Crippen molar-refractivity contribution in [2.75, 3.05) is 11.4 Å². The second kappa shape index (κ2) is 5.30. The number of anilines is 1. The van der Waals surface area contributed by atoms with E-state index in [0.717, 1.165) is 12.8 Å². The summed E-state index contributed by atoms with van der Waals surface area (Å²) in [4.78, 5) is 24.5. The van der Waals surface area contributed by atoms with Crippen LogP contribution < -0.4 is 4.90 Å². The van der Waals surface area contributed by atoms with Crippen molar-refractivity contribution in [2.45, 2.75) is 19.8 Å². The first-order valence-corrected chi connectivity index (χ1v) is 6.31. The lowest BCUT2D eigenvalue weighted by Gasteiger charge is -2.24. The standard InChI is InChI=1S/C14H17NO4/c1-9(10-2-3-10)14(19)15(8-13(17)18)11-4-6-12(16)7-5-11/h4-7,9-10,16H,2-3,8H2,1H3,(H,17,18). The van der Waals surface area contributed by atoms with Gasteiger partial charge in [-0.3, -0.25) is 9.59 Å². The van der Waals surface area contributed by atoms with Crippen LogP contribution in [0.3, 0.4) is 0 Å². The van der Waals surface area contributed by atoms with Crippen LogP contribution >= 0.6 is 0 Å². The zero-order chi connectivity index (χ0) is 14.0. The first-order valence-electron chi connectivity index (χ1n) is 6.31. The molecule has 0 aliphatic heterocycles. The maximum absolute atomic E-state index is 12.3. The molecule has 0 aromatic heterocycles. The monoisotopic (exact) mass is 263 g/mol. The fourth-order valence-electron chi connectivity index (χ4n) is 2.11. The predicted octanol–water partition coefficient (Wildman–Crippen LogP) is 1.86. The Morgan fingerprint density at radius 2 is 1.89 bits per heavy atom. The fourth-order valence-corrected chi connectivity index (χ4v) is 2.11. The molecule has 1 atom stereocenters. The average Bonchev–Trinajstić information content (AvgIpc) is 3.19. The minimum absolute atomic E-state index is 0.0849. The van der Waals surface area contributed by atoms with E-state index in [-0.39, 0.29) is 24.1 Å². The molecule has 5 heteroatoms. The normalized spacial score (nSPS) is 15.8. The number of hydrogen-bond donors (Lipinski definition) is 2. The molecule has 2 rings (SSSR count).